The average Bonchev–Trinajstić information content (AvgIpc) is 3.58. The van der Waals surface area contributed by atoms with E-state index in [4.69, 9.17) is 9.15 Å². The molecule has 0 saturated carbocycles. The molecule has 0 spiro atoms. The Kier molecular flexibility index (Phi) is 7.20. The fourth-order valence-corrected chi connectivity index (χ4v) is 4.41. The van der Waals surface area contributed by atoms with Crippen molar-refractivity contribution in [2.45, 2.75) is 45.8 Å². The molecule has 4 rings (SSSR count). The number of nitrogens with zero attached hydrogens (tertiary/aromatic N) is 5. The molecule has 10 nitrogen and oxygen atoms in total. The van der Waals surface area contributed by atoms with Crippen molar-refractivity contribution in [1.29, 1.82) is 0 Å². The van der Waals surface area contributed by atoms with Crippen molar-refractivity contribution in [3.8, 4) is 17.3 Å². The molecule has 0 aliphatic heterocycles. The summed E-state index contributed by atoms with van der Waals surface area (Å²) in [6, 6.07) is 13.3. The van der Waals surface area contributed by atoms with Crippen LogP contribution in [0, 0.1) is 6.92 Å². The number of amides is 2. The Morgan fingerprint density at radius 1 is 1.17 bits per heavy atom. The molecule has 3 aromatic heterocycles. The molecule has 0 aliphatic rings. The highest BCUT2D eigenvalue weighted by Gasteiger charge is 2.35. The second-order valence-corrected chi connectivity index (χ2v) is 10.2. The lowest BCUT2D eigenvalue weighted by Crippen LogP contribution is -2.50. The third kappa shape index (κ3) is 5.80. The molecule has 36 heavy (non-hydrogen) atoms. The van der Waals surface area contributed by atoms with Crippen LogP contribution in [-0.2, 0) is 16.1 Å². The first kappa shape index (κ1) is 25.1. The van der Waals surface area contributed by atoms with Gasteiger partial charge in [0.15, 0.2) is 5.76 Å². The number of tetrazole rings is 1. The Hall–Kier alpha value is -3.99. The zero-order valence-electron chi connectivity index (χ0n) is 20.8. The van der Waals surface area contributed by atoms with Crippen LogP contribution >= 0.6 is 11.3 Å². The van der Waals surface area contributed by atoms with Gasteiger partial charge >= 0.3 is 0 Å². The zero-order chi connectivity index (χ0) is 25.9. The van der Waals surface area contributed by atoms with Crippen LogP contribution in [0.25, 0.3) is 11.6 Å². The summed E-state index contributed by atoms with van der Waals surface area (Å²) in [4.78, 5) is 30.7. The van der Waals surface area contributed by atoms with Crippen molar-refractivity contribution in [3.05, 3.63) is 64.5 Å². The molecule has 0 saturated heterocycles. The van der Waals surface area contributed by atoms with Gasteiger partial charge in [0.05, 0.1) is 7.11 Å². The summed E-state index contributed by atoms with van der Waals surface area (Å²) < 4.78 is 10.8. The van der Waals surface area contributed by atoms with Gasteiger partial charge in [-0.1, -0.05) is 6.07 Å². The zero-order valence-corrected chi connectivity index (χ0v) is 21.6. The van der Waals surface area contributed by atoms with Crippen molar-refractivity contribution in [2.75, 3.05) is 12.0 Å². The Morgan fingerprint density at radius 3 is 2.50 bits per heavy atom. The van der Waals surface area contributed by atoms with E-state index in [2.05, 4.69) is 20.7 Å². The summed E-state index contributed by atoms with van der Waals surface area (Å²) in [6.07, 6.45) is 0. The van der Waals surface area contributed by atoms with Crippen molar-refractivity contribution in [1.82, 2.24) is 25.5 Å². The number of carbonyl (C=O) groups excluding carboxylic acids is 2. The summed E-state index contributed by atoms with van der Waals surface area (Å²) in [5.41, 5.74) is 0.0374. The lowest BCUT2D eigenvalue weighted by Gasteiger charge is -2.33. The van der Waals surface area contributed by atoms with Gasteiger partial charge in [-0.25, -0.2) is 0 Å². The van der Waals surface area contributed by atoms with E-state index in [9.17, 15) is 9.59 Å². The largest absolute Gasteiger partial charge is 0.497 e. The van der Waals surface area contributed by atoms with E-state index in [1.54, 1.807) is 43.5 Å². The molecule has 0 aliphatic carbocycles. The second kappa shape index (κ2) is 10.3. The number of rotatable bonds is 8. The van der Waals surface area contributed by atoms with Crippen LogP contribution in [-0.4, -0.2) is 44.7 Å². The molecular weight excluding hydrogens is 480 g/mol. The highest BCUT2D eigenvalue weighted by atomic mass is 32.1. The molecule has 3 heterocycles. The maximum atomic E-state index is 13.8. The molecule has 1 aromatic carbocycles. The van der Waals surface area contributed by atoms with Gasteiger partial charge in [-0.3, -0.25) is 14.5 Å². The van der Waals surface area contributed by atoms with Crippen LogP contribution in [0.1, 0.15) is 37.5 Å². The van der Waals surface area contributed by atoms with Crippen LogP contribution < -0.4 is 15.0 Å². The van der Waals surface area contributed by atoms with E-state index >= 15 is 0 Å². The number of nitrogens with one attached hydrogen (secondary N) is 1. The number of hydrogen-bond donors (Lipinski definition) is 1. The third-order valence-electron chi connectivity index (χ3n) is 5.13. The lowest BCUT2D eigenvalue weighted by molar-refractivity contribution is -0.128. The van der Waals surface area contributed by atoms with Crippen LogP contribution in [0.2, 0.25) is 0 Å². The predicted octanol–water partition coefficient (Wildman–Crippen LogP) is 4.00. The van der Waals surface area contributed by atoms with Gasteiger partial charge in [0.1, 0.15) is 24.1 Å². The minimum Gasteiger partial charge on any atom is -0.497 e. The summed E-state index contributed by atoms with van der Waals surface area (Å²) in [5.74, 6) is 1.39. The highest BCUT2D eigenvalue weighted by molar-refractivity contribution is 7.10. The van der Waals surface area contributed by atoms with Gasteiger partial charge in [-0.2, -0.15) is 4.80 Å². The SMILES string of the molecule is COc1ccc(N(C(=O)Cn2nnc(-c3ccc(C)o3)n2)C(C(=O)NC(C)(C)C)c2cccs2)cc1. The number of benzene rings is 1. The number of ether oxygens (including phenoxy) is 1. The quantitative estimate of drug-likeness (QED) is 0.382. The molecular formula is C25H28N6O4S. The van der Waals surface area contributed by atoms with Crippen molar-refractivity contribution in [2.24, 2.45) is 0 Å². The lowest BCUT2D eigenvalue weighted by atomic mass is 10.1. The standard InChI is InChI=1S/C25H28N6O4S/c1-16-8-13-19(35-16)23-27-29-30(28-23)15-21(32)31(17-9-11-18(34-5)12-10-17)22(20-7-6-14-36-20)24(33)26-25(2,3)4/h6-14,22H,15H2,1-5H3,(H,26,33). The minimum atomic E-state index is -0.902. The molecule has 1 unspecified atom stereocenters. The third-order valence-corrected chi connectivity index (χ3v) is 6.05. The number of hydrogen-bond acceptors (Lipinski definition) is 8. The summed E-state index contributed by atoms with van der Waals surface area (Å²) in [7, 11) is 1.57. The van der Waals surface area contributed by atoms with E-state index in [0.29, 0.717) is 23.0 Å². The Bertz CT molecular complexity index is 1320. The van der Waals surface area contributed by atoms with Crippen LogP contribution in [0.4, 0.5) is 5.69 Å². The molecule has 4 aromatic rings. The summed E-state index contributed by atoms with van der Waals surface area (Å²) in [5, 5.41) is 17.2. The van der Waals surface area contributed by atoms with Crippen molar-refractivity contribution in [3.63, 3.8) is 0 Å². The van der Waals surface area contributed by atoms with Gasteiger partial charge in [0.2, 0.25) is 11.7 Å². The number of aromatic nitrogens is 4. The van der Waals surface area contributed by atoms with Crippen LogP contribution in [0.3, 0.4) is 0 Å². The van der Waals surface area contributed by atoms with E-state index in [-0.39, 0.29) is 24.2 Å². The van der Waals surface area contributed by atoms with Gasteiger partial charge in [-0.15, -0.1) is 21.5 Å². The maximum absolute atomic E-state index is 13.8. The Balaban J connectivity index is 1.71. The van der Waals surface area contributed by atoms with Crippen molar-refractivity contribution >= 4 is 28.8 Å². The number of aryl methyl sites for hydroxylation is 1. The average molecular weight is 509 g/mol. The molecule has 188 valence electrons. The number of anilines is 1. The van der Waals surface area contributed by atoms with E-state index in [0.717, 1.165) is 4.88 Å². The van der Waals surface area contributed by atoms with Gasteiger partial charge in [0.25, 0.3) is 5.91 Å². The van der Waals surface area contributed by atoms with E-state index < -0.39 is 11.6 Å². The van der Waals surface area contributed by atoms with Gasteiger partial charge < -0.3 is 14.5 Å². The molecule has 0 radical (unpaired) electrons. The topological polar surface area (TPSA) is 115 Å². The first-order valence-electron chi connectivity index (χ1n) is 11.3. The summed E-state index contributed by atoms with van der Waals surface area (Å²) in [6.45, 7) is 7.27. The first-order chi connectivity index (χ1) is 17.1. The van der Waals surface area contributed by atoms with Crippen LogP contribution in [0.15, 0.2) is 58.3 Å². The Labute approximate surface area is 212 Å². The van der Waals surface area contributed by atoms with Gasteiger partial charge in [-0.05, 0) is 80.8 Å². The normalized spacial score (nSPS) is 12.2. The molecule has 1 N–H and O–H groups in total. The number of methoxy groups -OCH3 is 1. The fraction of sp³-hybridized carbons (Fsp3) is 0.320. The number of furan rings is 1. The smallest absolute Gasteiger partial charge is 0.251 e. The number of thiophene rings is 1. The number of carbonyl (C=O) groups is 2. The Morgan fingerprint density at radius 2 is 1.92 bits per heavy atom. The van der Waals surface area contributed by atoms with Gasteiger partial charge in [0, 0.05) is 16.1 Å². The molecule has 11 heteroatoms. The van der Waals surface area contributed by atoms with Crippen molar-refractivity contribution < 1.29 is 18.7 Å². The molecule has 2 amide bonds. The first-order valence-corrected chi connectivity index (χ1v) is 12.2. The molecule has 1 atom stereocenters. The van der Waals surface area contributed by atoms with E-state index in [1.807, 2.05) is 45.2 Å². The minimum absolute atomic E-state index is 0.233. The van der Waals surface area contributed by atoms with E-state index in [1.165, 1.54) is 21.0 Å². The maximum Gasteiger partial charge on any atom is 0.251 e. The molecule has 0 bridgehead atoms. The van der Waals surface area contributed by atoms with Crippen LogP contribution in [0.5, 0.6) is 5.75 Å². The predicted molar refractivity (Wildman–Crippen MR) is 136 cm³/mol. The second-order valence-electron chi connectivity index (χ2n) is 9.17. The monoisotopic (exact) mass is 508 g/mol. The highest BCUT2D eigenvalue weighted by Crippen LogP contribution is 2.32. The summed E-state index contributed by atoms with van der Waals surface area (Å²) >= 11 is 1.40. The fourth-order valence-electron chi connectivity index (χ4n) is 3.60. The molecule has 0 fully saturated rings.